The van der Waals surface area contributed by atoms with Gasteiger partial charge in [0.25, 0.3) is 5.56 Å². The molecule has 0 bridgehead atoms. The second-order valence-electron chi connectivity index (χ2n) is 4.76. The maximum absolute atomic E-state index is 13.9. The molecule has 1 aromatic carbocycles. The van der Waals surface area contributed by atoms with Gasteiger partial charge in [-0.15, -0.1) is 0 Å². The average molecular weight is 360 g/mol. The minimum atomic E-state index is -0.481. The number of hydrogen-bond donors (Lipinski definition) is 1. The summed E-state index contributed by atoms with van der Waals surface area (Å²) in [6.45, 7) is 3.88. The zero-order valence-electron chi connectivity index (χ0n) is 11.0. The molecule has 0 saturated carbocycles. The highest BCUT2D eigenvalue weighted by molar-refractivity contribution is 9.10. The maximum Gasteiger partial charge on any atom is 0.265 e. The third-order valence-corrected chi connectivity index (χ3v) is 3.93. The smallest absolute Gasteiger partial charge is 0.265 e. The van der Waals surface area contributed by atoms with E-state index in [0.717, 1.165) is 0 Å². The summed E-state index contributed by atoms with van der Waals surface area (Å²) in [6.07, 6.45) is 0.189. The molecule has 0 aliphatic rings. The van der Waals surface area contributed by atoms with Crippen LogP contribution in [0.25, 0.3) is 0 Å². The van der Waals surface area contributed by atoms with E-state index in [9.17, 15) is 9.18 Å². The molecule has 0 atom stereocenters. The number of nitrogens with one attached hydrogen (secondary N) is 1. The van der Waals surface area contributed by atoms with Crippen molar-refractivity contribution < 1.29 is 4.39 Å². The lowest BCUT2D eigenvalue weighted by Gasteiger charge is -2.10. The van der Waals surface area contributed by atoms with Crippen molar-refractivity contribution in [1.82, 2.24) is 9.97 Å². The van der Waals surface area contributed by atoms with Crippen LogP contribution in [-0.4, -0.2) is 9.97 Å². The first-order valence-electron chi connectivity index (χ1n) is 6.11. The molecule has 0 spiro atoms. The average Bonchev–Trinajstić information content (AvgIpc) is 2.38. The van der Waals surface area contributed by atoms with Crippen LogP contribution in [0.3, 0.4) is 0 Å². The Morgan fingerprint density at radius 1 is 1.45 bits per heavy atom. The van der Waals surface area contributed by atoms with Crippen molar-refractivity contribution in [3.8, 4) is 0 Å². The number of nitrogens with zero attached hydrogens (tertiary/aromatic N) is 1. The first-order chi connectivity index (χ1) is 9.40. The fraction of sp³-hybridized carbons (Fsp3) is 0.286. The minimum absolute atomic E-state index is 0.0611. The van der Waals surface area contributed by atoms with E-state index < -0.39 is 5.82 Å². The van der Waals surface area contributed by atoms with Crippen LogP contribution in [0.2, 0.25) is 5.02 Å². The van der Waals surface area contributed by atoms with Gasteiger partial charge in [0.15, 0.2) is 0 Å². The van der Waals surface area contributed by atoms with Crippen LogP contribution in [0, 0.1) is 5.82 Å². The second kappa shape index (κ2) is 6.06. The Morgan fingerprint density at radius 3 is 2.80 bits per heavy atom. The molecule has 20 heavy (non-hydrogen) atoms. The second-order valence-corrected chi connectivity index (χ2v) is 5.96. The first-order valence-corrected chi connectivity index (χ1v) is 7.28. The molecule has 0 aliphatic carbocycles. The molecule has 6 heteroatoms. The topological polar surface area (TPSA) is 45.8 Å². The predicted molar refractivity (Wildman–Crippen MR) is 80.9 cm³/mol. The molecule has 0 aliphatic heterocycles. The molecule has 2 aromatic rings. The zero-order chi connectivity index (χ0) is 14.9. The molecule has 0 amide bonds. The molecule has 1 N–H and O–H groups in total. The van der Waals surface area contributed by atoms with Gasteiger partial charge < -0.3 is 4.98 Å². The number of H-pyrrole nitrogens is 1. The summed E-state index contributed by atoms with van der Waals surface area (Å²) in [7, 11) is 0. The molecule has 106 valence electrons. The molecule has 1 heterocycles. The third-order valence-electron chi connectivity index (χ3n) is 2.87. The van der Waals surface area contributed by atoms with Crippen molar-refractivity contribution in [2.45, 2.75) is 26.2 Å². The summed E-state index contributed by atoms with van der Waals surface area (Å²) in [6, 6.07) is 4.77. The normalized spacial score (nSPS) is 11.1. The van der Waals surface area contributed by atoms with E-state index in [0.29, 0.717) is 21.6 Å². The minimum Gasteiger partial charge on any atom is -0.309 e. The maximum atomic E-state index is 13.9. The lowest BCUT2D eigenvalue weighted by Crippen LogP contribution is -2.17. The largest absolute Gasteiger partial charge is 0.309 e. The molecule has 0 radical (unpaired) electrons. The summed E-state index contributed by atoms with van der Waals surface area (Å²) in [5.41, 5.74) is 0.796. The van der Waals surface area contributed by atoms with Gasteiger partial charge in [0, 0.05) is 6.42 Å². The highest BCUT2D eigenvalue weighted by atomic mass is 79.9. The molecule has 3 nitrogen and oxygen atoms in total. The fourth-order valence-corrected chi connectivity index (χ4v) is 2.70. The van der Waals surface area contributed by atoms with Crippen LogP contribution in [0.4, 0.5) is 4.39 Å². The Bertz CT molecular complexity index is 700. The fourth-order valence-electron chi connectivity index (χ4n) is 1.86. The summed E-state index contributed by atoms with van der Waals surface area (Å²) < 4.78 is 14.3. The van der Waals surface area contributed by atoms with Crippen LogP contribution in [0.5, 0.6) is 0 Å². The van der Waals surface area contributed by atoms with E-state index in [-0.39, 0.29) is 22.9 Å². The van der Waals surface area contributed by atoms with Gasteiger partial charge in [0.1, 0.15) is 16.1 Å². The number of hydrogen-bond acceptors (Lipinski definition) is 2. The van der Waals surface area contributed by atoms with E-state index in [2.05, 4.69) is 25.9 Å². The Hall–Kier alpha value is -1.20. The van der Waals surface area contributed by atoms with Crippen LogP contribution >= 0.6 is 27.5 Å². The quantitative estimate of drug-likeness (QED) is 0.899. The Morgan fingerprint density at radius 2 is 2.15 bits per heavy atom. The van der Waals surface area contributed by atoms with Gasteiger partial charge in [-0.05, 0) is 33.5 Å². The van der Waals surface area contributed by atoms with Crippen molar-refractivity contribution in [3.63, 3.8) is 0 Å². The summed E-state index contributed by atoms with van der Waals surface area (Å²) in [4.78, 5) is 18.9. The highest BCUT2D eigenvalue weighted by Gasteiger charge is 2.14. The van der Waals surface area contributed by atoms with E-state index in [1.165, 1.54) is 6.07 Å². The van der Waals surface area contributed by atoms with Crippen molar-refractivity contribution in [1.29, 1.82) is 0 Å². The van der Waals surface area contributed by atoms with Gasteiger partial charge >= 0.3 is 0 Å². The summed E-state index contributed by atoms with van der Waals surface area (Å²) in [5.74, 6) is 0.0310. The van der Waals surface area contributed by atoms with E-state index >= 15 is 0 Å². The lowest BCUT2D eigenvalue weighted by molar-refractivity contribution is 0.611. The van der Waals surface area contributed by atoms with E-state index in [4.69, 9.17) is 11.6 Å². The van der Waals surface area contributed by atoms with Crippen LogP contribution in [0.1, 0.15) is 36.8 Å². The molecule has 2 rings (SSSR count). The van der Waals surface area contributed by atoms with E-state index in [1.54, 1.807) is 12.1 Å². The Balaban J connectivity index is 2.44. The monoisotopic (exact) mass is 358 g/mol. The van der Waals surface area contributed by atoms with Crippen molar-refractivity contribution in [2.75, 3.05) is 0 Å². The van der Waals surface area contributed by atoms with Gasteiger partial charge in [-0.25, -0.2) is 9.37 Å². The van der Waals surface area contributed by atoms with Gasteiger partial charge in [-0.2, -0.15) is 0 Å². The first kappa shape index (κ1) is 15.2. The Kier molecular flexibility index (Phi) is 4.60. The molecule has 0 saturated heterocycles. The van der Waals surface area contributed by atoms with Crippen LogP contribution in [0.15, 0.2) is 27.5 Å². The van der Waals surface area contributed by atoms with Crippen molar-refractivity contribution in [2.24, 2.45) is 0 Å². The molecular formula is C14H13BrClFN2O. The Labute approximate surface area is 129 Å². The highest BCUT2D eigenvalue weighted by Crippen LogP contribution is 2.22. The standard InChI is InChI=1S/C14H13BrClFN2O/c1-7(2)13-11(15)14(20)19-10(18-13)6-8-4-3-5-9(16)12(8)17/h3-5,7H,6H2,1-2H3,(H,18,19,20). The number of aromatic nitrogens is 2. The number of halogens is 3. The van der Waals surface area contributed by atoms with Crippen LogP contribution < -0.4 is 5.56 Å². The molecular weight excluding hydrogens is 347 g/mol. The van der Waals surface area contributed by atoms with Gasteiger partial charge in [-0.3, -0.25) is 4.79 Å². The summed E-state index contributed by atoms with van der Waals surface area (Å²) in [5, 5.41) is 0.0611. The number of aromatic amines is 1. The van der Waals surface area contributed by atoms with E-state index in [1.807, 2.05) is 13.8 Å². The van der Waals surface area contributed by atoms with Crippen molar-refractivity contribution in [3.05, 3.63) is 60.9 Å². The molecule has 0 fully saturated rings. The number of rotatable bonds is 3. The third kappa shape index (κ3) is 3.10. The summed E-state index contributed by atoms with van der Waals surface area (Å²) >= 11 is 8.97. The zero-order valence-corrected chi connectivity index (χ0v) is 13.3. The molecule has 0 unspecified atom stereocenters. The lowest BCUT2D eigenvalue weighted by atomic mass is 10.1. The van der Waals surface area contributed by atoms with Gasteiger partial charge in [0.05, 0.1) is 10.7 Å². The number of benzene rings is 1. The van der Waals surface area contributed by atoms with Gasteiger partial charge in [0.2, 0.25) is 0 Å². The van der Waals surface area contributed by atoms with Gasteiger partial charge in [-0.1, -0.05) is 37.6 Å². The van der Waals surface area contributed by atoms with Crippen molar-refractivity contribution >= 4 is 27.5 Å². The SMILES string of the molecule is CC(C)c1nc(Cc2cccc(Cl)c2F)[nH]c(=O)c1Br. The molecule has 1 aromatic heterocycles. The predicted octanol–water partition coefficient (Wildman–Crippen LogP) is 4.04. The van der Waals surface area contributed by atoms with Crippen LogP contribution in [-0.2, 0) is 6.42 Å².